The second kappa shape index (κ2) is 5.90. The van der Waals surface area contributed by atoms with Crippen molar-refractivity contribution in [1.29, 1.82) is 0 Å². The third-order valence-corrected chi connectivity index (χ3v) is 3.26. The van der Waals surface area contributed by atoms with Gasteiger partial charge >= 0.3 is 0 Å². The molecular weight excluding hydrogens is 277 g/mol. The Bertz CT molecular complexity index is 616. The van der Waals surface area contributed by atoms with Gasteiger partial charge < -0.3 is 10.6 Å². The number of carbonyl (C=O) groups excluding carboxylic acids is 3. The third-order valence-electron chi connectivity index (χ3n) is 3.26. The van der Waals surface area contributed by atoms with Gasteiger partial charge in [-0.05, 0) is 18.6 Å². The van der Waals surface area contributed by atoms with E-state index in [0.717, 1.165) is 0 Å². The molecule has 1 aromatic rings. The zero-order valence-corrected chi connectivity index (χ0v) is 11.6. The number of carbonyl (C=O) groups is 3. The zero-order chi connectivity index (χ0) is 15.6. The molecule has 3 N–H and O–H groups in total. The molecule has 7 heteroatoms. The van der Waals surface area contributed by atoms with Crippen molar-refractivity contribution in [2.24, 2.45) is 0 Å². The predicted molar refractivity (Wildman–Crippen MR) is 73.6 cm³/mol. The van der Waals surface area contributed by atoms with Crippen molar-refractivity contribution in [3.05, 3.63) is 29.1 Å². The molecular formula is C14H16FN3O3. The Kier molecular flexibility index (Phi) is 4.21. The Morgan fingerprint density at radius 3 is 2.81 bits per heavy atom. The van der Waals surface area contributed by atoms with Crippen molar-refractivity contribution in [2.75, 3.05) is 12.3 Å². The molecule has 6 nitrogen and oxygen atoms in total. The Hall–Kier alpha value is -2.44. The van der Waals surface area contributed by atoms with Crippen molar-refractivity contribution in [3.63, 3.8) is 0 Å². The van der Waals surface area contributed by atoms with Crippen LogP contribution >= 0.6 is 0 Å². The lowest BCUT2D eigenvalue weighted by Crippen LogP contribution is -2.30. The van der Waals surface area contributed by atoms with Crippen LogP contribution in [0.4, 0.5) is 10.1 Å². The van der Waals surface area contributed by atoms with Crippen LogP contribution in [-0.4, -0.2) is 29.2 Å². The van der Waals surface area contributed by atoms with Gasteiger partial charge in [0.15, 0.2) is 0 Å². The van der Waals surface area contributed by atoms with E-state index in [2.05, 4.69) is 5.32 Å². The zero-order valence-electron chi connectivity index (χ0n) is 11.6. The molecule has 0 saturated carbocycles. The highest BCUT2D eigenvalue weighted by molar-refractivity contribution is 6.00. The van der Waals surface area contributed by atoms with Crippen LogP contribution in [0.1, 0.15) is 35.7 Å². The summed E-state index contributed by atoms with van der Waals surface area (Å²) in [7, 11) is 0. The fraction of sp³-hybridized carbons (Fsp3) is 0.357. The Balaban J connectivity index is 1.93. The second-order valence-corrected chi connectivity index (χ2v) is 4.96. The first-order valence-electron chi connectivity index (χ1n) is 6.56. The van der Waals surface area contributed by atoms with E-state index in [-0.39, 0.29) is 29.5 Å². The molecule has 0 bridgehead atoms. The number of nitrogens with zero attached hydrogens (tertiary/aromatic N) is 1. The number of anilines is 1. The summed E-state index contributed by atoms with van der Waals surface area (Å²) in [6, 6.07) is 2.37. The summed E-state index contributed by atoms with van der Waals surface area (Å²) in [5, 5.41) is 2.16. The van der Waals surface area contributed by atoms with E-state index in [0.29, 0.717) is 25.1 Å². The molecule has 0 radical (unpaired) electrons. The van der Waals surface area contributed by atoms with Crippen LogP contribution in [0.5, 0.6) is 0 Å². The third kappa shape index (κ3) is 3.36. The van der Waals surface area contributed by atoms with Gasteiger partial charge in [-0.3, -0.25) is 19.7 Å². The van der Waals surface area contributed by atoms with E-state index in [4.69, 9.17) is 5.73 Å². The second-order valence-electron chi connectivity index (χ2n) is 4.96. The van der Waals surface area contributed by atoms with Crippen LogP contribution in [-0.2, 0) is 16.1 Å². The number of rotatable bonds is 4. The molecule has 0 unspecified atom stereocenters. The molecule has 0 atom stereocenters. The number of imide groups is 1. The summed E-state index contributed by atoms with van der Waals surface area (Å²) in [5.41, 5.74) is 6.87. The maximum atomic E-state index is 13.3. The van der Waals surface area contributed by atoms with Gasteiger partial charge in [0.05, 0.1) is 0 Å². The van der Waals surface area contributed by atoms with Gasteiger partial charge in [0.25, 0.3) is 5.91 Å². The summed E-state index contributed by atoms with van der Waals surface area (Å²) in [6.45, 7) is 1.92. The predicted octanol–water partition coefficient (Wildman–Crippen LogP) is 0.807. The van der Waals surface area contributed by atoms with Crippen molar-refractivity contribution in [2.45, 2.75) is 26.3 Å². The molecule has 0 spiro atoms. The van der Waals surface area contributed by atoms with Gasteiger partial charge in [-0.15, -0.1) is 0 Å². The highest BCUT2D eigenvalue weighted by Gasteiger charge is 2.29. The maximum absolute atomic E-state index is 13.3. The Morgan fingerprint density at radius 2 is 2.14 bits per heavy atom. The van der Waals surface area contributed by atoms with Gasteiger partial charge in [0.2, 0.25) is 11.8 Å². The summed E-state index contributed by atoms with van der Waals surface area (Å²) in [4.78, 5) is 35.6. The van der Waals surface area contributed by atoms with Crippen LogP contribution < -0.4 is 11.1 Å². The number of hydrogen-bond donors (Lipinski definition) is 2. The first-order valence-corrected chi connectivity index (χ1v) is 6.56. The number of amides is 3. The summed E-state index contributed by atoms with van der Waals surface area (Å²) >= 11 is 0. The maximum Gasteiger partial charge on any atom is 0.254 e. The minimum atomic E-state index is -0.540. The summed E-state index contributed by atoms with van der Waals surface area (Å²) in [5.74, 6) is -1.62. The van der Waals surface area contributed by atoms with E-state index in [1.165, 1.54) is 24.0 Å². The van der Waals surface area contributed by atoms with Gasteiger partial charge in [0, 0.05) is 43.2 Å². The monoisotopic (exact) mass is 293 g/mol. The fourth-order valence-electron chi connectivity index (χ4n) is 2.33. The average Bonchev–Trinajstić information content (AvgIpc) is 2.67. The number of hydrogen-bond acceptors (Lipinski definition) is 4. The van der Waals surface area contributed by atoms with Crippen LogP contribution in [0.25, 0.3) is 0 Å². The van der Waals surface area contributed by atoms with Crippen LogP contribution in [0.3, 0.4) is 0 Å². The quantitative estimate of drug-likeness (QED) is 0.803. The minimum absolute atomic E-state index is 0.142. The van der Waals surface area contributed by atoms with Gasteiger partial charge in [-0.25, -0.2) is 4.39 Å². The topological polar surface area (TPSA) is 92.5 Å². The molecule has 3 amide bonds. The molecule has 2 rings (SSSR count). The number of halogens is 1. The van der Waals surface area contributed by atoms with Crippen LogP contribution in [0.15, 0.2) is 12.1 Å². The summed E-state index contributed by atoms with van der Waals surface area (Å²) in [6.07, 6.45) is 0.560. The van der Waals surface area contributed by atoms with Crippen molar-refractivity contribution >= 4 is 23.4 Å². The lowest BCUT2D eigenvalue weighted by atomic mass is 10.1. The largest absolute Gasteiger partial charge is 0.398 e. The smallest absolute Gasteiger partial charge is 0.254 e. The molecule has 1 aromatic carbocycles. The summed E-state index contributed by atoms with van der Waals surface area (Å²) < 4.78 is 13.3. The van der Waals surface area contributed by atoms with Crippen molar-refractivity contribution in [3.8, 4) is 0 Å². The number of fused-ring (bicyclic) bond motifs is 1. The van der Waals surface area contributed by atoms with E-state index in [1.807, 2.05) is 0 Å². The molecule has 1 aliphatic heterocycles. The van der Waals surface area contributed by atoms with Gasteiger partial charge in [-0.2, -0.15) is 0 Å². The van der Waals surface area contributed by atoms with E-state index < -0.39 is 11.7 Å². The fourth-order valence-corrected chi connectivity index (χ4v) is 2.33. The molecule has 0 fully saturated rings. The van der Waals surface area contributed by atoms with Crippen molar-refractivity contribution < 1.29 is 18.8 Å². The molecule has 1 aliphatic rings. The first kappa shape index (κ1) is 15.0. The highest BCUT2D eigenvalue weighted by atomic mass is 19.1. The average molecular weight is 293 g/mol. The van der Waals surface area contributed by atoms with E-state index in [9.17, 15) is 18.8 Å². The molecule has 112 valence electrons. The SMILES string of the molecule is CC(=O)NC(=O)CCCN1Cc2c(N)cc(F)cc2C1=O. The van der Waals surface area contributed by atoms with Crippen molar-refractivity contribution in [1.82, 2.24) is 10.2 Å². The molecule has 0 aliphatic carbocycles. The molecule has 0 saturated heterocycles. The minimum Gasteiger partial charge on any atom is -0.398 e. The molecule has 1 heterocycles. The molecule has 0 aromatic heterocycles. The lowest BCUT2D eigenvalue weighted by molar-refractivity contribution is -0.129. The van der Waals surface area contributed by atoms with Gasteiger partial charge in [-0.1, -0.05) is 0 Å². The Labute approximate surface area is 121 Å². The number of nitrogen functional groups attached to an aromatic ring is 1. The number of benzene rings is 1. The first-order chi connectivity index (χ1) is 9.88. The van der Waals surface area contributed by atoms with E-state index in [1.54, 1.807) is 0 Å². The van der Waals surface area contributed by atoms with Crippen LogP contribution in [0, 0.1) is 5.82 Å². The Morgan fingerprint density at radius 1 is 1.43 bits per heavy atom. The number of nitrogens with one attached hydrogen (secondary N) is 1. The van der Waals surface area contributed by atoms with E-state index >= 15 is 0 Å². The normalized spacial score (nSPS) is 13.2. The number of nitrogens with two attached hydrogens (primary N) is 1. The molecule has 21 heavy (non-hydrogen) atoms. The lowest BCUT2D eigenvalue weighted by Gasteiger charge is -2.15. The standard InChI is InChI=1S/C14H16FN3O3/c1-8(19)17-13(20)3-2-4-18-7-11-10(14(18)21)5-9(15)6-12(11)16/h5-6H,2-4,7,16H2,1H3,(H,17,19,20). The van der Waals surface area contributed by atoms with Gasteiger partial charge in [0.1, 0.15) is 5.82 Å². The van der Waals surface area contributed by atoms with Crippen LogP contribution in [0.2, 0.25) is 0 Å². The highest BCUT2D eigenvalue weighted by Crippen LogP contribution is 2.28.